The Kier molecular flexibility index (Phi) is 11.3. The molecule has 2 aromatic carbocycles. The number of rotatable bonds is 5. The van der Waals surface area contributed by atoms with Crippen molar-refractivity contribution in [2.24, 2.45) is 4.99 Å². The number of carboxylic acids is 1. The van der Waals surface area contributed by atoms with E-state index in [2.05, 4.69) is 69.0 Å². The molecule has 5 nitrogen and oxygen atoms in total. The van der Waals surface area contributed by atoms with Gasteiger partial charge in [0.15, 0.2) is 0 Å². The molecule has 0 saturated carbocycles. The van der Waals surface area contributed by atoms with Crippen molar-refractivity contribution in [3.63, 3.8) is 0 Å². The van der Waals surface area contributed by atoms with Crippen molar-refractivity contribution in [1.29, 1.82) is 0 Å². The van der Waals surface area contributed by atoms with Gasteiger partial charge in [0.2, 0.25) is 0 Å². The Morgan fingerprint density at radius 1 is 1.22 bits per heavy atom. The van der Waals surface area contributed by atoms with Crippen molar-refractivity contribution in [2.45, 2.75) is 65.5 Å². The van der Waals surface area contributed by atoms with Crippen LogP contribution in [0.15, 0.2) is 47.5 Å². The molecule has 1 aliphatic rings. The maximum atomic E-state index is 10.7. The van der Waals surface area contributed by atoms with Crippen molar-refractivity contribution in [3.05, 3.63) is 64.7 Å². The molecule has 2 N–H and O–H groups in total. The van der Waals surface area contributed by atoms with Crippen LogP contribution in [0.3, 0.4) is 0 Å². The third-order valence-corrected chi connectivity index (χ3v) is 5.37. The van der Waals surface area contributed by atoms with E-state index < -0.39 is 5.97 Å². The van der Waals surface area contributed by atoms with E-state index in [4.69, 9.17) is 14.9 Å². The van der Waals surface area contributed by atoms with Crippen LogP contribution in [-0.4, -0.2) is 46.4 Å². The molecular weight excluding hydrogens is 495 g/mol. The Balaban J connectivity index is 0.000000945. The van der Waals surface area contributed by atoms with Gasteiger partial charge in [-0.05, 0) is 48.9 Å². The van der Waals surface area contributed by atoms with Crippen LogP contribution in [0, 0.1) is 6.92 Å². The summed E-state index contributed by atoms with van der Waals surface area (Å²) in [5.41, 5.74) is 4.24. The summed E-state index contributed by atoms with van der Waals surface area (Å²) in [4.78, 5) is 16.2. The van der Waals surface area contributed by atoms with E-state index in [9.17, 15) is 5.11 Å². The largest absolute Gasteiger partial charge is 0.507 e. The number of phenolic OH excluding ortho intramolecular Hbond substituents is 1. The van der Waals surface area contributed by atoms with Crippen molar-refractivity contribution >= 4 is 12.2 Å². The van der Waals surface area contributed by atoms with E-state index in [1.165, 1.54) is 18.4 Å². The van der Waals surface area contributed by atoms with Crippen LogP contribution in [0.1, 0.15) is 62.8 Å². The van der Waals surface area contributed by atoms with Crippen molar-refractivity contribution < 1.29 is 35.4 Å². The number of carboxylic acid groups (broad SMARTS) is 1. The Bertz CT molecular complexity index is 888. The zero-order valence-corrected chi connectivity index (χ0v) is 21.3. The quantitative estimate of drug-likeness (QED) is 0.413. The van der Waals surface area contributed by atoms with Crippen LogP contribution in [0.25, 0.3) is 0 Å². The fraction of sp³-hybridized carbons (Fsp3) is 0.462. The van der Waals surface area contributed by atoms with Crippen molar-refractivity contribution in [2.75, 3.05) is 13.1 Å². The molecular formula is C26H36N2O3Pd. The normalized spacial score (nSPS) is 16.3. The first-order chi connectivity index (χ1) is 14.6. The second-order valence-corrected chi connectivity index (χ2v) is 9.27. The van der Waals surface area contributed by atoms with Gasteiger partial charge in [-0.3, -0.25) is 14.7 Å². The fourth-order valence-corrected chi connectivity index (χ4v) is 3.88. The Morgan fingerprint density at radius 3 is 2.44 bits per heavy atom. The monoisotopic (exact) mass is 530 g/mol. The minimum absolute atomic E-state index is 0. The van der Waals surface area contributed by atoms with Gasteiger partial charge in [0.05, 0.1) is 6.54 Å². The first kappa shape index (κ1) is 28.0. The van der Waals surface area contributed by atoms with E-state index in [1.54, 1.807) is 0 Å². The number of aryl methyl sites for hydroxylation is 1. The number of aliphatic imine (C=N–C) groups is 1. The van der Waals surface area contributed by atoms with E-state index >= 15 is 0 Å². The van der Waals surface area contributed by atoms with E-state index in [0.29, 0.717) is 11.8 Å². The van der Waals surface area contributed by atoms with Crippen molar-refractivity contribution in [1.82, 2.24) is 4.90 Å². The van der Waals surface area contributed by atoms with Gasteiger partial charge in [-0.1, -0.05) is 57.2 Å². The molecule has 32 heavy (non-hydrogen) atoms. The molecule has 6 heteroatoms. The van der Waals surface area contributed by atoms with Gasteiger partial charge in [0.25, 0.3) is 5.97 Å². The van der Waals surface area contributed by atoms with Gasteiger partial charge < -0.3 is 10.2 Å². The Hall–Kier alpha value is -2.00. The topological polar surface area (TPSA) is 73.1 Å². The molecule has 1 atom stereocenters. The van der Waals surface area contributed by atoms with E-state index in [0.717, 1.165) is 43.2 Å². The molecule has 0 aliphatic carbocycles. The van der Waals surface area contributed by atoms with Crippen LogP contribution in [0.4, 0.5) is 0 Å². The number of nitrogens with zero attached hydrogens (tertiary/aromatic N) is 2. The van der Waals surface area contributed by atoms with Gasteiger partial charge in [-0.2, -0.15) is 0 Å². The summed E-state index contributed by atoms with van der Waals surface area (Å²) >= 11 is 0. The Morgan fingerprint density at radius 2 is 1.84 bits per heavy atom. The average molecular weight is 531 g/mol. The standard InChI is InChI=1S/C24H32N2O.C2H4O2.Pd/c1-18-13-20(23(27)22(14-18)24(2,3)4)15-25-16-21-11-8-12-26(21)17-19-9-6-5-7-10-19;1-2(3)4;/h5-7,9-10,13-15,21,27H,8,11-12,16-17H2,1-4H3;1H3,(H,3,4);/t21-;;/m0../s1. The Labute approximate surface area is 206 Å². The van der Waals surface area contributed by atoms with Crippen LogP contribution in [0.2, 0.25) is 0 Å². The van der Waals surface area contributed by atoms with Gasteiger partial charge in [0, 0.05) is 57.3 Å². The molecule has 1 aliphatic heterocycles. The number of aliphatic carboxylic acids is 1. The third-order valence-electron chi connectivity index (χ3n) is 5.37. The first-order valence-electron chi connectivity index (χ1n) is 10.9. The van der Waals surface area contributed by atoms with Crippen LogP contribution in [0.5, 0.6) is 5.75 Å². The SMILES string of the molecule is CC(=O)O.Cc1cc(C=NC[C@@H]2CCCN2Cc2ccccc2)c(O)c(C(C)(C)C)c1.[Pd]. The number of likely N-dealkylation sites (tertiary alicyclic amines) is 1. The summed E-state index contributed by atoms with van der Waals surface area (Å²) in [6, 6.07) is 15.2. The fourth-order valence-electron chi connectivity index (χ4n) is 3.88. The summed E-state index contributed by atoms with van der Waals surface area (Å²) in [6.07, 6.45) is 4.28. The first-order valence-corrected chi connectivity index (χ1v) is 10.9. The molecule has 1 saturated heterocycles. The minimum Gasteiger partial charge on any atom is -0.507 e. The molecule has 1 fully saturated rings. The van der Waals surface area contributed by atoms with Gasteiger partial charge in [-0.15, -0.1) is 0 Å². The molecule has 0 unspecified atom stereocenters. The number of hydrogen-bond donors (Lipinski definition) is 2. The summed E-state index contributed by atoms with van der Waals surface area (Å²) in [7, 11) is 0. The molecule has 2 aromatic rings. The van der Waals surface area contributed by atoms with Crippen LogP contribution >= 0.6 is 0 Å². The third kappa shape index (κ3) is 8.86. The van der Waals surface area contributed by atoms with Gasteiger partial charge >= 0.3 is 0 Å². The number of benzene rings is 2. The second-order valence-electron chi connectivity index (χ2n) is 9.27. The molecule has 0 amide bonds. The molecule has 0 bridgehead atoms. The van der Waals surface area contributed by atoms with Gasteiger partial charge in [-0.25, -0.2) is 0 Å². The van der Waals surface area contributed by atoms with Crippen LogP contribution < -0.4 is 0 Å². The number of aromatic hydroxyl groups is 1. The minimum atomic E-state index is -0.833. The molecule has 1 heterocycles. The second kappa shape index (κ2) is 12.9. The number of hydrogen-bond acceptors (Lipinski definition) is 4. The zero-order valence-electron chi connectivity index (χ0n) is 19.7. The van der Waals surface area contributed by atoms with E-state index in [1.807, 2.05) is 12.3 Å². The maximum Gasteiger partial charge on any atom is 0.300 e. The van der Waals surface area contributed by atoms with Crippen molar-refractivity contribution in [3.8, 4) is 5.75 Å². The van der Waals surface area contributed by atoms with Gasteiger partial charge in [0.1, 0.15) is 5.75 Å². The summed E-state index contributed by atoms with van der Waals surface area (Å²) < 4.78 is 0. The molecule has 178 valence electrons. The van der Waals surface area contributed by atoms with E-state index in [-0.39, 0.29) is 25.8 Å². The predicted octanol–water partition coefficient (Wildman–Crippen LogP) is 5.17. The molecule has 0 radical (unpaired) electrons. The zero-order chi connectivity index (χ0) is 23.0. The average Bonchev–Trinajstić information content (AvgIpc) is 3.10. The maximum absolute atomic E-state index is 10.7. The molecule has 0 spiro atoms. The summed E-state index contributed by atoms with van der Waals surface area (Å²) in [5.74, 6) is -0.468. The van der Waals surface area contributed by atoms with Crippen LogP contribution in [-0.2, 0) is 37.2 Å². The molecule has 0 aromatic heterocycles. The predicted molar refractivity (Wildman–Crippen MR) is 127 cm³/mol. The smallest absolute Gasteiger partial charge is 0.300 e. The number of carbonyl (C=O) groups is 1. The number of phenols is 1. The molecule has 3 rings (SSSR count). The summed E-state index contributed by atoms with van der Waals surface area (Å²) in [6.45, 7) is 12.5. The summed E-state index contributed by atoms with van der Waals surface area (Å²) in [5, 5.41) is 18.1.